The highest BCUT2D eigenvalue weighted by atomic mass is 16.1. The first-order valence-electron chi connectivity index (χ1n) is 5.14. The maximum absolute atomic E-state index is 11.9. The molecular formula is C11H21NO. The zero-order valence-corrected chi connectivity index (χ0v) is 9.26. The van der Waals surface area contributed by atoms with Crippen molar-refractivity contribution in [2.24, 2.45) is 11.3 Å². The molecule has 1 aliphatic heterocycles. The Bertz CT molecular complexity index is 193. The Morgan fingerprint density at radius 1 is 1.38 bits per heavy atom. The van der Waals surface area contributed by atoms with Gasteiger partial charge < -0.3 is 4.90 Å². The van der Waals surface area contributed by atoms with Gasteiger partial charge in [0.15, 0.2) is 0 Å². The zero-order valence-electron chi connectivity index (χ0n) is 9.26. The molecule has 1 aliphatic rings. The van der Waals surface area contributed by atoms with Crippen LogP contribution in [-0.4, -0.2) is 30.8 Å². The van der Waals surface area contributed by atoms with E-state index in [4.69, 9.17) is 0 Å². The van der Waals surface area contributed by atoms with Gasteiger partial charge in [0.25, 0.3) is 0 Å². The lowest BCUT2D eigenvalue weighted by Gasteiger charge is -2.32. The maximum atomic E-state index is 11.9. The molecule has 0 aromatic rings. The molecule has 13 heavy (non-hydrogen) atoms. The normalized spacial score (nSPS) is 26.0. The van der Waals surface area contributed by atoms with E-state index in [9.17, 15) is 4.79 Å². The predicted octanol–water partition coefficient (Wildman–Crippen LogP) is 1.94. The van der Waals surface area contributed by atoms with Crippen LogP contribution in [0.25, 0.3) is 0 Å². The SMILES string of the molecule is CN1CCCC(C(=O)C(C)(C)C)C1. The summed E-state index contributed by atoms with van der Waals surface area (Å²) in [5.41, 5.74) is -0.164. The van der Waals surface area contributed by atoms with Gasteiger partial charge in [0, 0.05) is 17.9 Å². The monoisotopic (exact) mass is 183 g/mol. The van der Waals surface area contributed by atoms with Gasteiger partial charge in [-0.05, 0) is 26.4 Å². The molecule has 1 atom stereocenters. The molecule has 0 spiro atoms. The van der Waals surface area contributed by atoms with Crippen LogP contribution >= 0.6 is 0 Å². The van der Waals surface area contributed by atoms with Crippen LogP contribution in [0.5, 0.6) is 0 Å². The van der Waals surface area contributed by atoms with Gasteiger partial charge in [-0.2, -0.15) is 0 Å². The number of Topliss-reactive ketones (excluding diaryl/α,β-unsaturated/α-hetero) is 1. The number of nitrogens with zero attached hydrogens (tertiary/aromatic N) is 1. The van der Waals surface area contributed by atoms with Gasteiger partial charge in [0.1, 0.15) is 5.78 Å². The summed E-state index contributed by atoms with van der Waals surface area (Å²) >= 11 is 0. The van der Waals surface area contributed by atoms with Crippen LogP contribution in [-0.2, 0) is 4.79 Å². The largest absolute Gasteiger partial charge is 0.306 e. The molecule has 0 radical (unpaired) electrons. The Morgan fingerprint density at radius 2 is 2.00 bits per heavy atom. The molecule has 1 unspecified atom stereocenters. The second-order valence-corrected chi connectivity index (χ2v) is 5.22. The van der Waals surface area contributed by atoms with Crippen molar-refractivity contribution in [2.45, 2.75) is 33.6 Å². The Hall–Kier alpha value is -0.370. The second kappa shape index (κ2) is 3.79. The minimum atomic E-state index is -0.164. The van der Waals surface area contributed by atoms with Crippen molar-refractivity contribution >= 4 is 5.78 Å². The summed E-state index contributed by atoms with van der Waals surface area (Å²) in [6.45, 7) is 8.15. The quantitative estimate of drug-likeness (QED) is 0.619. The highest BCUT2D eigenvalue weighted by molar-refractivity contribution is 5.86. The van der Waals surface area contributed by atoms with Crippen LogP contribution in [0.15, 0.2) is 0 Å². The summed E-state index contributed by atoms with van der Waals surface area (Å²) < 4.78 is 0. The Balaban J connectivity index is 2.56. The molecule has 0 N–H and O–H groups in total. The van der Waals surface area contributed by atoms with Gasteiger partial charge in [0.05, 0.1) is 0 Å². The number of piperidine rings is 1. The molecule has 0 bridgehead atoms. The molecule has 0 aromatic carbocycles. The molecule has 1 rings (SSSR count). The summed E-state index contributed by atoms with van der Waals surface area (Å²) in [6.07, 6.45) is 2.25. The van der Waals surface area contributed by atoms with Crippen LogP contribution in [0.3, 0.4) is 0 Å². The van der Waals surface area contributed by atoms with E-state index in [1.165, 1.54) is 6.42 Å². The third kappa shape index (κ3) is 2.80. The molecule has 1 fully saturated rings. The molecule has 0 aliphatic carbocycles. The van der Waals surface area contributed by atoms with Gasteiger partial charge in [-0.15, -0.1) is 0 Å². The topological polar surface area (TPSA) is 20.3 Å². The number of likely N-dealkylation sites (tertiary alicyclic amines) is 1. The lowest BCUT2D eigenvalue weighted by Crippen LogP contribution is -2.40. The van der Waals surface area contributed by atoms with Gasteiger partial charge in [-0.3, -0.25) is 4.79 Å². The summed E-state index contributed by atoms with van der Waals surface area (Å²) in [5.74, 6) is 0.706. The van der Waals surface area contributed by atoms with Crippen LogP contribution in [0.2, 0.25) is 0 Å². The second-order valence-electron chi connectivity index (χ2n) is 5.22. The lowest BCUT2D eigenvalue weighted by atomic mass is 9.80. The van der Waals surface area contributed by atoms with Crippen molar-refractivity contribution in [3.05, 3.63) is 0 Å². The van der Waals surface area contributed by atoms with E-state index in [-0.39, 0.29) is 11.3 Å². The molecule has 76 valence electrons. The van der Waals surface area contributed by atoms with Gasteiger partial charge >= 0.3 is 0 Å². The van der Waals surface area contributed by atoms with Crippen molar-refractivity contribution in [3.8, 4) is 0 Å². The summed E-state index contributed by atoms with van der Waals surface area (Å²) in [5, 5.41) is 0. The summed E-state index contributed by atoms with van der Waals surface area (Å²) in [6, 6.07) is 0. The zero-order chi connectivity index (χ0) is 10.1. The van der Waals surface area contributed by atoms with E-state index in [1.807, 2.05) is 20.8 Å². The molecule has 0 aromatic heterocycles. The fraction of sp³-hybridized carbons (Fsp3) is 0.909. The number of ketones is 1. The molecule has 2 heteroatoms. The number of carbonyl (C=O) groups is 1. The van der Waals surface area contributed by atoms with Crippen molar-refractivity contribution in [1.82, 2.24) is 4.90 Å². The summed E-state index contributed by atoms with van der Waals surface area (Å²) in [7, 11) is 2.10. The third-order valence-corrected chi connectivity index (χ3v) is 2.73. The minimum Gasteiger partial charge on any atom is -0.306 e. The third-order valence-electron chi connectivity index (χ3n) is 2.73. The predicted molar refractivity (Wildman–Crippen MR) is 54.7 cm³/mol. The van der Waals surface area contributed by atoms with Crippen molar-refractivity contribution in [1.29, 1.82) is 0 Å². The Labute approximate surface area is 81.3 Å². The van der Waals surface area contributed by atoms with Gasteiger partial charge in [-0.1, -0.05) is 20.8 Å². The Kier molecular flexibility index (Phi) is 3.12. The van der Waals surface area contributed by atoms with Crippen LogP contribution in [0, 0.1) is 11.3 Å². The minimum absolute atomic E-state index is 0.164. The fourth-order valence-electron chi connectivity index (χ4n) is 1.99. The average molecular weight is 183 g/mol. The van der Waals surface area contributed by atoms with Crippen molar-refractivity contribution in [3.63, 3.8) is 0 Å². The first-order chi connectivity index (χ1) is 5.91. The smallest absolute Gasteiger partial charge is 0.142 e. The van der Waals surface area contributed by atoms with E-state index < -0.39 is 0 Å². The summed E-state index contributed by atoms with van der Waals surface area (Å²) in [4.78, 5) is 14.2. The average Bonchev–Trinajstić information content (AvgIpc) is 2.01. The van der Waals surface area contributed by atoms with E-state index in [0.717, 1.165) is 19.5 Å². The molecule has 0 saturated carbocycles. The highest BCUT2D eigenvalue weighted by Crippen LogP contribution is 2.25. The first kappa shape index (κ1) is 10.7. The standard InChI is InChI=1S/C11H21NO/c1-11(2,3)10(13)9-6-5-7-12(4)8-9/h9H,5-8H2,1-4H3. The van der Waals surface area contributed by atoms with E-state index >= 15 is 0 Å². The van der Waals surface area contributed by atoms with E-state index in [2.05, 4.69) is 11.9 Å². The van der Waals surface area contributed by atoms with Crippen LogP contribution < -0.4 is 0 Å². The number of hydrogen-bond acceptors (Lipinski definition) is 2. The van der Waals surface area contributed by atoms with Crippen LogP contribution in [0.4, 0.5) is 0 Å². The molecular weight excluding hydrogens is 162 g/mol. The number of hydrogen-bond donors (Lipinski definition) is 0. The van der Waals surface area contributed by atoms with Gasteiger partial charge in [0.2, 0.25) is 0 Å². The molecule has 2 nitrogen and oxygen atoms in total. The number of carbonyl (C=O) groups excluding carboxylic acids is 1. The fourth-order valence-corrected chi connectivity index (χ4v) is 1.99. The molecule has 1 saturated heterocycles. The van der Waals surface area contributed by atoms with Gasteiger partial charge in [-0.25, -0.2) is 0 Å². The Morgan fingerprint density at radius 3 is 2.46 bits per heavy atom. The number of rotatable bonds is 1. The van der Waals surface area contributed by atoms with E-state index in [0.29, 0.717) is 5.78 Å². The van der Waals surface area contributed by atoms with Crippen molar-refractivity contribution in [2.75, 3.05) is 20.1 Å². The molecule has 1 heterocycles. The lowest BCUT2D eigenvalue weighted by molar-refractivity contribution is -0.132. The van der Waals surface area contributed by atoms with Crippen molar-refractivity contribution < 1.29 is 4.79 Å². The highest BCUT2D eigenvalue weighted by Gasteiger charge is 2.31. The van der Waals surface area contributed by atoms with E-state index in [1.54, 1.807) is 0 Å². The maximum Gasteiger partial charge on any atom is 0.142 e. The first-order valence-corrected chi connectivity index (χ1v) is 5.14. The van der Waals surface area contributed by atoms with Crippen LogP contribution in [0.1, 0.15) is 33.6 Å². The molecule has 0 amide bonds.